The summed E-state index contributed by atoms with van der Waals surface area (Å²) in [6, 6.07) is -0.105. The smallest absolute Gasteiger partial charge is 0.0949 e. The van der Waals surface area contributed by atoms with Gasteiger partial charge in [-0.1, -0.05) is 0 Å². The molecule has 0 aliphatic rings. The quantitative estimate of drug-likeness (QED) is 0.793. The molecule has 3 rings (SSSR count). The van der Waals surface area contributed by atoms with Gasteiger partial charge in [0, 0.05) is 35.3 Å². The van der Waals surface area contributed by atoms with Crippen LogP contribution in [0.4, 0.5) is 0 Å². The minimum Gasteiger partial charge on any atom is -0.323 e. The fourth-order valence-corrected chi connectivity index (χ4v) is 3.06. The van der Waals surface area contributed by atoms with Crippen LogP contribution in [-0.2, 0) is 6.42 Å². The van der Waals surface area contributed by atoms with E-state index in [1.165, 1.54) is 4.88 Å². The van der Waals surface area contributed by atoms with Gasteiger partial charge in [-0.2, -0.15) is 5.10 Å². The van der Waals surface area contributed by atoms with Crippen LogP contribution in [0.5, 0.6) is 0 Å². The molecule has 3 aromatic rings. The molecule has 0 radical (unpaired) electrons. The Morgan fingerprint density at radius 3 is 2.95 bits per heavy atom. The van der Waals surface area contributed by atoms with Crippen molar-refractivity contribution in [2.24, 2.45) is 5.73 Å². The zero-order chi connectivity index (χ0) is 13.4. The Hall–Kier alpha value is -1.79. The van der Waals surface area contributed by atoms with Gasteiger partial charge in [0.1, 0.15) is 0 Å². The van der Waals surface area contributed by atoms with Crippen LogP contribution in [0.25, 0.3) is 5.52 Å². The molecule has 0 aromatic carbocycles. The summed E-state index contributed by atoms with van der Waals surface area (Å²) in [5.41, 5.74) is 9.34. The van der Waals surface area contributed by atoms with Crippen molar-refractivity contribution in [3.05, 3.63) is 45.9 Å². The zero-order valence-corrected chi connectivity index (χ0v) is 11.7. The van der Waals surface area contributed by atoms with E-state index in [1.807, 2.05) is 19.3 Å². The summed E-state index contributed by atoms with van der Waals surface area (Å²) in [5.74, 6) is 0. The predicted octanol–water partition coefficient (Wildman–Crippen LogP) is 2.05. The van der Waals surface area contributed by atoms with E-state index in [-0.39, 0.29) is 6.04 Å². The maximum atomic E-state index is 6.28. The van der Waals surface area contributed by atoms with Crippen molar-refractivity contribution < 1.29 is 0 Å². The van der Waals surface area contributed by atoms with Gasteiger partial charge in [-0.25, -0.2) is 9.50 Å². The molecule has 2 N–H and O–H groups in total. The lowest BCUT2D eigenvalue weighted by atomic mass is 10.1. The van der Waals surface area contributed by atoms with Crippen LogP contribution in [0.1, 0.15) is 27.2 Å². The van der Waals surface area contributed by atoms with Gasteiger partial charge in [0.05, 0.1) is 28.6 Å². The first kappa shape index (κ1) is 12.3. The monoisotopic (exact) mass is 273 g/mol. The minimum atomic E-state index is -0.105. The van der Waals surface area contributed by atoms with Gasteiger partial charge in [0.25, 0.3) is 0 Å². The Morgan fingerprint density at radius 1 is 1.37 bits per heavy atom. The number of hydrogen-bond donors (Lipinski definition) is 1. The van der Waals surface area contributed by atoms with Crippen molar-refractivity contribution in [1.82, 2.24) is 19.6 Å². The standard InChI is InChI=1S/C13H15N5S/c1-8-9(2)19-13(17-8)5-11(14)10-6-16-18-4-3-15-7-12(10)18/h3-4,6-7,11H,5,14H2,1-2H3. The molecule has 6 heteroatoms. The van der Waals surface area contributed by atoms with E-state index < -0.39 is 0 Å². The molecule has 0 saturated heterocycles. The highest BCUT2D eigenvalue weighted by Crippen LogP contribution is 2.24. The highest BCUT2D eigenvalue weighted by Gasteiger charge is 2.15. The molecule has 1 atom stereocenters. The van der Waals surface area contributed by atoms with E-state index in [0.29, 0.717) is 0 Å². The Morgan fingerprint density at radius 2 is 2.21 bits per heavy atom. The maximum Gasteiger partial charge on any atom is 0.0949 e. The zero-order valence-electron chi connectivity index (χ0n) is 10.9. The Balaban J connectivity index is 1.89. The molecule has 1 unspecified atom stereocenters. The van der Waals surface area contributed by atoms with Crippen LogP contribution in [0, 0.1) is 13.8 Å². The second kappa shape index (κ2) is 4.71. The number of aryl methyl sites for hydroxylation is 2. The van der Waals surface area contributed by atoms with Gasteiger partial charge in [-0.3, -0.25) is 4.98 Å². The van der Waals surface area contributed by atoms with Crippen LogP contribution in [0.2, 0.25) is 0 Å². The highest BCUT2D eigenvalue weighted by molar-refractivity contribution is 7.11. The largest absolute Gasteiger partial charge is 0.323 e. The number of aromatic nitrogens is 4. The fraction of sp³-hybridized carbons (Fsp3) is 0.308. The second-order valence-corrected chi connectivity index (χ2v) is 5.85. The third kappa shape index (κ3) is 2.24. The van der Waals surface area contributed by atoms with Crippen molar-refractivity contribution in [3.63, 3.8) is 0 Å². The highest BCUT2D eigenvalue weighted by atomic mass is 32.1. The van der Waals surface area contributed by atoms with Crippen molar-refractivity contribution in [2.75, 3.05) is 0 Å². The van der Waals surface area contributed by atoms with Crippen LogP contribution in [-0.4, -0.2) is 19.6 Å². The van der Waals surface area contributed by atoms with E-state index in [4.69, 9.17) is 5.73 Å². The molecule has 0 spiro atoms. The topological polar surface area (TPSA) is 69.1 Å². The first-order valence-electron chi connectivity index (χ1n) is 6.11. The molecule has 0 bridgehead atoms. The fourth-order valence-electron chi connectivity index (χ4n) is 2.06. The van der Waals surface area contributed by atoms with Gasteiger partial charge in [-0.15, -0.1) is 11.3 Å². The number of nitrogens with two attached hydrogens (primary N) is 1. The summed E-state index contributed by atoms with van der Waals surface area (Å²) >= 11 is 1.71. The summed E-state index contributed by atoms with van der Waals surface area (Å²) in [7, 11) is 0. The van der Waals surface area contributed by atoms with E-state index in [1.54, 1.807) is 28.2 Å². The predicted molar refractivity (Wildman–Crippen MR) is 75.2 cm³/mol. The lowest BCUT2D eigenvalue weighted by molar-refractivity contribution is 0.722. The summed E-state index contributed by atoms with van der Waals surface area (Å²) in [4.78, 5) is 9.91. The molecule has 0 amide bonds. The van der Waals surface area contributed by atoms with Crippen LogP contribution >= 0.6 is 11.3 Å². The second-order valence-electron chi connectivity index (χ2n) is 4.57. The molecule has 0 saturated carbocycles. The van der Waals surface area contributed by atoms with Crippen molar-refractivity contribution in [1.29, 1.82) is 0 Å². The van der Waals surface area contributed by atoms with Crippen LogP contribution in [0.15, 0.2) is 24.8 Å². The number of nitrogens with zero attached hydrogens (tertiary/aromatic N) is 4. The Labute approximate surface area is 115 Å². The van der Waals surface area contributed by atoms with Gasteiger partial charge < -0.3 is 5.73 Å². The summed E-state index contributed by atoms with van der Waals surface area (Å²) in [6.45, 7) is 4.11. The minimum absolute atomic E-state index is 0.105. The van der Waals surface area contributed by atoms with Gasteiger partial charge in [0.2, 0.25) is 0 Å². The average Bonchev–Trinajstić information content (AvgIpc) is 2.94. The third-order valence-corrected chi connectivity index (χ3v) is 4.32. The molecule has 0 aliphatic heterocycles. The van der Waals surface area contributed by atoms with Crippen molar-refractivity contribution in [2.45, 2.75) is 26.3 Å². The summed E-state index contributed by atoms with van der Waals surface area (Å²) < 4.78 is 1.79. The number of fused-ring (bicyclic) bond motifs is 1. The Kier molecular flexibility index (Phi) is 3.04. The van der Waals surface area contributed by atoms with Crippen molar-refractivity contribution >= 4 is 16.9 Å². The normalized spacial score (nSPS) is 13.0. The number of hydrogen-bond acceptors (Lipinski definition) is 5. The maximum absolute atomic E-state index is 6.28. The molecule has 3 heterocycles. The number of rotatable bonds is 3. The van der Waals surface area contributed by atoms with Crippen LogP contribution < -0.4 is 5.73 Å². The van der Waals surface area contributed by atoms with E-state index in [2.05, 4.69) is 22.0 Å². The first-order chi connectivity index (χ1) is 9.15. The SMILES string of the molecule is Cc1nc(CC(N)c2cnn3ccncc23)sc1C. The molecular formula is C13H15N5S. The van der Waals surface area contributed by atoms with Gasteiger partial charge >= 0.3 is 0 Å². The molecule has 98 valence electrons. The molecule has 5 nitrogen and oxygen atoms in total. The van der Waals surface area contributed by atoms with Gasteiger partial charge in [-0.05, 0) is 13.8 Å². The summed E-state index contributed by atoms with van der Waals surface area (Å²) in [5, 5.41) is 5.36. The van der Waals surface area contributed by atoms with E-state index in [9.17, 15) is 0 Å². The van der Waals surface area contributed by atoms with Gasteiger partial charge in [0.15, 0.2) is 0 Å². The number of thiazole rings is 1. The molecule has 19 heavy (non-hydrogen) atoms. The first-order valence-corrected chi connectivity index (χ1v) is 6.92. The lowest BCUT2D eigenvalue weighted by Crippen LogP contribution is -2.13. The molecule has 3 aromatic heterocycles. The molecular weight excluding hydrogens is 258 g/mol. The van der Waals surface area contributed by atoms with E-state index >= 15 is 0 Å². The third-order valence-electron chi connectivity index (χ3n) is 3.22. The van der Waals surface area contributed by atoms with Crippen molar-refractivity contribution in [3.8, 4) is 0 Å². The lowest BCUT2D eigenvalue weighted by Gasteiger charge is -2.07. The average molecular weight is 273 g/mol. The van der Waals surface area contributed by atoms with E-state index in [0.717, 1.165) is 28.2 Å². The molecule has 0 aliphatic carbocycles. The molecule has 0 fully saturated rings. The summed E-state index contributed by atoms with van der Waals surface area (Å²) in [6.07, 6.45) is 7.87. The van der Waals surface area contributed by atoms with Crippen LogP contribution in [0.3, 0.4) is 0 Å². The Bertz CT molecular complexity index is 695.